The summed E-state index contributed by atoms with van der Waals surface area (Å²) in [5.41, 5.74) is 0. The molecule has 0 radical (unpaired) electrons. The van der Waals surface area contributed by atoms with Crippen LogP contribution in [-0.4, -0.2) is 23.5 Å². The molecule has 0 aliphatic heterocycles. The second-order valence-electron chi connectivity index (χ2n) is 3.57. The van der Waals surface area contributed by atoms with Gasteiger partial charge in [0.1, 0.15) is 5.82 Å². The lowest BCUT2D eigenvalue weighted by Gasteiger charge is -2.11. The molecule has 0 saturated heterocycles. The first-order valence-corrected chi connectivity index (χ1v) is 5.64. The standard InChI is InChI=1S/C11H16ClN3O/c1-3-13-8(2)6-11(16)15-10-5-4-9(12)7-14-10/h4-5,7-8,13H,3,6H2,1-2H3,(H,14,15,16). The Bertz CT molecular complexity index is 340. The van der Waals surface area contributed by atoms with Crippen molar-refractivity contribution >= 4 is 23.3 Å². The molecule has 1 heterocycles. The van der Waals surface area contributed by atoms with Gasteiger partial charge in [-0.2, -0.15) is 0 Å². The highest BCUT2D eigenvalue weighted by Crippen LogP contribution is 2.09. The van der Waals surface area contributed by atoms with Crippen molar-refractivity contribution in [2.75, 3.05) is 11.9 Å². The molecule has 0 bridgehead atoms. The van der Waals surface area contributed by atoms with E-state index in [-0.39, 0.29) is 11.9 Å². The molecule has 88 valence electrons. The first kappa shape index (κ1) is 12.9. The van der Waals surface area contributed by atoms with Gasteiger partial charge >= 0.3 is 0 Å². The number of nitrogens with zero attached hydrogens (tertiary/aromatic N) is 1. The monoisotopic (exact) mass is 241 g/mol. The molecule has 1 aromatic rings. The summed E-state index contributed by atoms with van der Waals surface area (Å²) in [6.45, 7) is 4.83. The first-order chi connectivity index (χ1) is 7.61. The number of amides is 1. The Balaban J connectivity index is 2.42. The highest BCUT2D eigenvalue weighted by Gasteiger charge is 2.08. The lowest BCUT2D eigenvalue weighted by atomic mass is 10.2. The molecule has 5 heteroatoms. The van der Waals surface area contributed by atoms with E-state index in [9.17, 15) is 4.79 Å². The van der Waals surface area contributed by atoms with Crippen molar-refractivity contribution in [2.45, 2.75) is 26.3 Å². The second kappa shape index (κ2) is 6.45. The Morgan fingerprint density at radius 2 is 2.31 bits per heavy atom. The summed E-state index contributed by atoms with van der Waals surface area (Å²) in [5.74, 6) is 0.473. The van der Waals surface area contributed by atoms with Crippen LogP contribution < -0.4 is 10.6 Å². The van der Waals surface area contributed by atoms with Gasteiger partial charge in [0.05, 0.1) is 5.02 Å². The molecule has 0 saturated carbocycles. The third-order valence-electron chi connectivity index (χ3n) is 2.04. The molecule has 0 aliphatic carbocycles. The number of anilines is 1. The van der Waals surface area contributed by atoms with Gasteiger partial charge in [-0.25, -0.2) is 4.98 Å². The normalized spacial score (nSPS) is 12.2. The van der Waals surface area contributed by atoms with E-state index >= 15 is 0 Å². The number of carbonyl (C=O) groups excluding carboxylic acids is 1. The summed E-state index contributed by atoms with van der Waals surface area (Å²) in [4.78, 5) is 15.5. The van der Waals surface area contributed by atoms with Gasteiger partial charge in [-0.15, -0.1) is 0 Å². The summed E-state index contributed by atoms with van der Waals surface area (Å²) in [7, 11) is 0. The fraction of sp³-hybridized carbons (Fsp3) is 0.455. The predicted octanol–water partition coefficient (Wildman–Crippen LogP) is 2.06. The molecule has 4 nitrogen and oxygen atoms in total. The smallest absolute Gasteiger partial charge is 0.227 e. The van der Waals surface area contributed by atoms with Gasteiger partial charge in [-0.05, 0) is 25.6 Å². The number of carbonyl (C=O) groups is 1. The summed E-state index contributed by atoms with van der Waals surface area (Å²) >= 11 is 5.69. The van der Waals surface area contributed by atoms with Crippen molar-refractivity contribution in [2.24, 2.45) is 0 Å². The topological polar surface area (TPSA) is 54.0 Å². The van der Waals surface area contributed by atoms with Gasteiger partial charge in [0, 0.05) is 18.7 Å². The van der Waals surface area contributed by atoms with Gasteiger partial charge in [0.15, 0.2) is 0 Å². The highest BCUT2D eigenvalue weighted by molar-refractivity contribution is 6.30. The Labute approximate surface area is 100 Å². The fourth-order valence-electron chi connectivity index (χ4n) is 1.34. The van der Waals surface area contributed by atoms with E-state index in [4.69, 9.17) is 11.6 Å². The second-order valence-corrected chi connectivity index (χ2v) is 4.01. The van der Waals surface area contributed by atoms with Crippen LogP contribution in [0.5, 0.6) is 0 Å². The summed E-state index contributed by atoms with van der Waals surface area (Å²) < 4.78 is 0. The van der Waals surface area contributed by atoms with Crippen molar-refractivity contribution in [3.05, 3.63) is 23.4 Å². The van der Waals surface area contributed by atoms with Crippen molar-refractivity contribution < 1.29 is 4.79 Å². The van der Waals surface area contributed by atoms with Crippen LogP contribution in [-0.2, 0) is 4.79 Å². The molecule has 0 spiro atoms. The lowest BCUT2D eigenvalue weighted by molar-refractivity contribution is -0.116. The van der Waals surface area contributed by atoms with E-state index in [1.807, 2.05) is 13.8 Å². The van der Waals surface area contributed by atoms with E-state index in [1.165, 1.54) is 6.20 Å². The minimum Gasteiger partial charge on any atom is -0.314 e. The highest BCUT2D eigenvalue weighted by atomic mass is 35.5. The van der Waals surface area contributed by atoms with Crippen LogP contribution in [0.25, 0.3) is 0 Å². The van der Waals surface area contributed by atoms with Crippen LogP contribution in [0.2, 0.25) is 5.02 Å². The lowest BCUT2D eigenvalue weighted by Crippen LogP contribution is -2.30. The molecule has 1 atom stereocenters. The van der Waals surface area contributed by atoms with Crippen molar-refractivity contribution in [3.8, 4) is 0 Å². The first-order valence-electron chi connectivity index (χ1n) is 5.26. The summed E-state index contributed by atoms with van der Waals surface area (Å²) in [6, 6.07) is 3.54. The molecule has 1 rings (SSSR count). The molecule has 0 aromatic carbocycles. The molecule has 1 aromatic heterocycles. The molecular weight excluding hydrogens is 226 g/mol. The molecule has 16 heavy (non-hydrogen) atoms. The van der Waals surface area contributed by atoms with E-state index in [0.29, 0.717) is 17.3 Å². The zero-order valence-corrected chi connectivity index (χ0v) is 10.2. The van der Waals surface area contributed by atoms with Crippen LogP contribution in [0, 0.1) is 0 Å². The van der Waals surface area contributed by atoms with Gasteiger partial charge in [-0.1, -0.05) is 18.5 Å². The van der Waals surface area contributed by atoms with Crippen LogP contribution in [0.1, 0.15) is 20.3 Å². The fourth-order valence-corrected chi connectivity index (χ4v) is 1.45. The Morgan fingerprint density at radius 3 is 2.88 bits per heavy atom. The molecule has 2 N–H and O–H groups in total. The van der Waals surface area contributed by atoms with Crippen molar-refractivity contribution in [1.82, 2.24) is 10.3 Å². The molecule has 1 amide bonds. The van der Waals surface area contributed by atoms with Gasteiger partial charge in [0.25, 0.3) is 0 Å². The predicted molar refractivity (Wildman–Crippen MR) is 65.6 cm³/mol. The number of halogens is 1. The van der Waals surface area contributed by atoms with Crippen LogP contribution in [0.4, 0.5) is 5.82 Å². The third-order valence-corrected chi connectivity index (χ3v) is 2.26. The zero-order valence-electron chi connectivity index (χ0n) is 9.46. The zero-order chi connectivity index (χ0) is 12.0. The van der Waals surface area contributed by atoms with E-state index < -0.39 is 0 Å². The molecule has 0 aliphatic rings. The Kier molecular flexibility index (Phi) is 5.22. The molecule has 1 unspecified atom stereocenters. The molecular formula is C11H16ClN3O. The number of nitrogens with one attached hydrogen (secondary N) is 2. The van der Waals surface area contributed by atoms with Gasteiger partial charge < -0.3 is 10.6 Å². The SMILES string of the molecule is CCNC(C)CC(=O)Nc1ccc(Cl)cn1. The Hall–Kier alpha value is -1.13. The van der Waals surface area contributed by atoms with Crippen molar-refractivity contribution in [1.29, 1.82) is 0 Å². The van der Waals surface area contributed by atoms with Crippen LogP contribution >= 0.6 is 11.6 Å². The average molecular weight is 242 g/mol. The maximum atomic E-state index is 11.6. The Morgan fingerprint density at radius 1 is 1.56 bits per heavy atom. The van der Waals surface area contributed by atoms with Crippen LogP contribution in [0.3, 0.4) is 0 Å². The van der Waals surface area contributed by atoms with E-state index in [0.717, 1.165) is 6.54 Å². The number of hydrogen-bond donors (Lipinski definition) is 2. The summed E-state index contributed by atoms with van der Waals surface area (Å²) in [6.07, 6.45) is 1.93. The van der Waals surface area contributed by atoms with Crippen molar-refractivity contribution in [3.63, 3.8) is 0 Å². The maximum Gasteiger partial charge on any atom is 0.227 e. The van der Waals surface area contributed by atoms with Gasteiger partial charge in [0.2, 0.25) is 5.91 Å². The number of aromatic nitrogens is 1. The summed E-state index contributed by atoms with van der Waals surface area (Å²) in [5, 5.41) is 6.43. The molecule has 0 fully saturated rings. The van der Waals surface area contributed by atoms with E-state index in [1.54, 1.807) is 12.1 Å². The minimum absolute atomic E-state index is 0.0525. The maximum absolute atomic E-state index is 11.6. The largest absolute Gasteiger partial charge is 0.314 e. The number of pyridine rings is 1. The average Bonchev–Trinajstić information content (AvgIpc) is 2.21. The number of rotatable bonds is 5. The van der Waals surface area contributed by atoms with E-state index in [2.05, 4.69) is 15.6 Å². The quantitative estimate of drug-likeness (QED) is 0.830. The minimum atomic E-state index is -0.0525. The number of hydrogen-bond acceptors (Lipinski definition) is 3. The third kappa shape index (κ3) is 4.59. The van der Waals surface area contributed by atoms with Gasteiger partial charge in [-0.3, -0.25) is 4.79 Å². The van der Waals surface area contributed by atoms with Crippen LogP contribution in [0.15, 0.2) is 18.3 Å².